The first kappa shape index (κ1) is 12.0. The van der Waals surface area contributed by atoms with Gasteiger partial charge in [-0.1, -0.05) is 54.6 Å². The molecule has 17 heavy (non-hydrogen) atoms. The molecule has 0 saturated carbocycles. The van der Waals surface area contributed by atoms with Crippen molar-refractivity contribution in [2.45, 2.75) is 6.61 Å². The van der Waals surface area contributed by atoms with Gasteiger partial charge in [0.2, 0.25) is 0 Å². The lowest BCUT2D eigenvalue weighted by Gasteiger charge is -2.06. The maximum absolute atomic E-state index is 10.2. The zero-order valence-electron chi connectivity index (χ0n) is 9.04. The molecule has 2 aromatic rings. The number of benzene rings is 2. The molecule has 0 heterocycles. The largest absolute Gasteiger partial charge is 0.750 e. The van der Waals surface area contributed by atoms with E-state index in [0.29, 0.717) is 0 Å². The van der Waals surface area contributed by atoms with Crippen LogP contribution in [0.25, 0.3) is 11.1 Å². The summed E-state index contributed by atoms with van der Waals surface area (Å²) in [4.78, 5) is 0. The average Bonchev–Trinajstić information content (AvgIpc) is 2.38. The Bertz CT molecular complexity index is 494. The minimum atomic E-state index is -2.46. The van der Waals surface area contributed by atoms with Crippen LogP contribution in [0.3, 0.4) is 0 Å². The van der Waals surface area contributed by atoms with Crippen molar-refractivity contribution in [1.29, 1.82) is 0 Å². The van der Waals surface area contributed by atoms with Crippen LogP contribution in [0.5, 0.6) is 0 Å². The van der Waals surface area contributed by atoms with Crippen LogP contribution < -0.4 is 0 Å². The van der Waals surface area contributed by atoms with Crippen molar-refractivity contribution in [3.63, 3.8) is 0 Å². The van der Waals surface area contributed by atoms with Crippen LogP contribution in [0.4, 0.5) is 0 Å². The third kappa shape index (κ3) is 3.49. The molecular weight excluding hydrogens is 236 g/mol. The summed E-state index contributed by atoms with van der Waals surface area (Å²) in [6.07, 6.45) is 0. The van der Waals surface area contributed by atoms with Gasteiger partial charge in [0, 0.05) is 0 Å². The van der Waals surface area contributed by atoms with Crippen molar-refractivity contribution in [3.05, 3.63) is 60.2 Å². The summed E-state index contributed by atoms with van der Waals surface area (Å²) in [5.74, 6) is 0. The van der Waals surface area contributed by atoms with Gasteiger partial charge in [-0.15, -0.1) is 0 Å². The first-order chi connectivity index (χ1) is 8.25. The van der Waals surface area contributed by atoms with Crippen LogP contribution in [0.2, 0.25) is 0 Å². The van der Waals surface area contributed by atoms with E-state index in [1.54, 1.807) is 0 Å². The molecule has 0 aromatic heterocycles. The van der Waals surface area contributed by atoms with Crippen molar-refractivity contribution in [2.75, 3.05) is 0 Å². The Morgan fingerprint density at radius 2 is 1.53 bits per heavy atom. The Morgan fingerprint density at radius 3 is 2.12 bits per heavy atom. The molecule has 0 aliphatic rings. The monoisotopic (exact) mass is 247 g/mol. The van der Waals surface area contributed by atoms with Crippen LogP contribution in [0.1, 0.15) is 5.56 Å². The predicted molar refractivity (Wildman–Crippen MR) is 65.6 cm³/mol. The molecule has 0 N–H and O–H groups in total. The van der Waals surface area contributed by atoms with Crippen molar-refractivity contribution >= 4 is 11.4 Å². The van der Waals surface area contributed by atoms with Gasteiger partial charge in [0.1, 0.15) is 0 Å². The van der Waals surface area contributed by atoms with E-state index in [1.165, 1.54) is 0 Å². The standard InChI is InChI=1S/C13H12O3S/c14-17(15)16-10-11-6-8-13(9-7-11)12-4-2-1-3-5-12/h1-9H,10H2,(H,14,15)/p-1. The van der Waals surface area contributed by atoms with Gasteiger partial charge < -0.3 is 4.55 Å². The summed E-state index contributed by atoms with van der Waals surface area (Å²) >= 11 is -2.46. The fourth-order valence-electron chi connectivity index (χ4n) is 1.54. The zero-order chi connectivity index (χ0) is 12.1. The van der Waals surface area contributed by atoms with Gasteiger partial charge in [0.05, 0.1) is 18.0 Å². The fraction of sp³-hybridized carbons (Fsp3) is 0.0769. The van der Waals surface area contributed by atoms with E-state index < -0.39 is 11.4 Å². The van der Waals surface area contributed by atoms with Crippen LogP contribution in [0, 0.1) is 0 Å². The van der Waals surface area contributed by atoms with E-state index in [1.807, 2.05) is 54.6 Å². The lowest BCUT2D eigenvalue weighted by Crippen LogP contribution is -1.95. The highest BCUT2D eigenvalue weighted by Gasteiger charge is 1.97. The SMILES string of the molecule is O=S([O-])OCc1ccc(-c2ccccc2)cc1. The molecule has 0 aliphatic heterocycles. The molecular formula is C13H11O3S-. The molecule has 1 atom stereocenters. The van der Waals surface area contributed by atoms with Crippen LogP contribution in [-0.2, 0) is 22.2 Å². The minimum absolute atomic E-state index is 0.0746. The second-order valence-electron chi connectivity index (χ2n) is 3.53. The molecule has 88 valence electrons. The molecule has 2 aromatic carbocycles. The number of hydrogen-bond acceptors (Lipinski definition) is 3. The third-order valence-corrected chi connectivity index (χ3v) is 2.69. The summed E-state index contributed by atoms with van der Waals surface area (Å²) in [5.41, 5.74) is 3.05. The molecule has 0 saturated heterocycles. The summed E-state index contributed by atoms with van der Waals surface area (Å²) in [6.45, 7) is 0.0746. The average molecular weight is 247 g/mol. The van der Waals surface area contributed by atoms with Crippen molar-refractivity contribution in [1.82, 2.24) is 0 Å². The Kier molecular flexibility index (Phi) is 4.03. The Labute approximate surface area is 103 Å². The highest BCUT2D eigenvalue weighted by atomic mass is 32.2. The van der Waals surface area contributed by atoms with E-state index in [9.17, 15) is 8.76 Å². The molecule has 0 fully saturated rings. The van der Waals surface area contributed by atoms with Crippen molar-refractivity contribution < 1.29 is 12.9 Å². The number of hydrogen-bond donors (Lipinski definition) is 0. The topological polar surface area (TPSA) is 49.4 Å². The summed E-state index contributed by atoms with van der Waals surface area (Å²) in [5, 5.41) is 0. The summed E-state index contributed by atoms with van der Waals surface area (Å²) < 4.78 is 25.0. The van der Waals surface area contributed by atoms with Gasteiger partial charge in [-0.2, -0.15) is 0 Å². The predicted octanol–water partition coefficient (Wildman–Crippen LogP) is 2.66. The van der Waals surface area contributed by atoms with Gasteiger partial charge in [-0.05, 0) is 16.7 Å². The molecule has 0 amide bonds. The van der Waals surface area contributed by atoms with Gasteiger partial charge in [-0.25, -0.2) is 4.21 Å². The molecule has 0 aliphatic carbocycles. The maximum Gasteiger partial charge on any atom is 0.0879 e. The Morgan fingerprint density at radius 1 is 0.941 bits per heavy atom. The van der Waals surface area contributed by atoms with E-state index in [2.05, 4.69) is 4.18 Å². The molecule has 4 heteroatoms. The Balaban J connectivity index is 2.11. The van der Waals surface area contributed by atoms with Gasteiger partial charge >= 0.3 is 0 Å². The first-order valence-electron chi connectivity index (χ1n) is 5.12. The highest BCUT2D eigenvalue weighted by Crippen LogP contribution is 2.19. The fourth-order valence-corrected chi connectivity index (χ4v) is 1.77. The third-order valence-electron chi connectivity index (χ3n) is 2.38. The Hall–Kier alpha value is -1.49. The molecule has 0 bridgehead atoms. The highest BCUT2D eigenvalue weighted by molar-refractivity contribution is 7.74. The van der Waals surface area contributed by atoms with E-state index in [-0.39, 0.29) is 6.61 Å². The van der Waals surface area contributed by atoms with Gasteiger partial charge in [0.15, 0.2) is 0 Å². The maximum atomic E-state index is 10.2. The summed E-state index contributed by atoms with van der Waals surface area (Å²) in [7, 11) is 0. The molecule has 1 unspecified atom stereocenters. The smallest absolute Gasteiger partial charge is 0.0879 e. The molecule has 3 nitrogen and oxygen atoms in total. The van der Waals surface area contributed by atoms with Crippen molar-refractivity contribution in [2.24, 2.45) is 0 Å². The lowest BCUT2D eigenvalue weighted by atomic mass is 10.0. The second-order valence-corrected chi connectivity index (χ2v) is 4.17. The minimum Gasteiger partial charge on any atom is -0.750 e. The van der Waals surface area contributed by atoms with Crippen LogP contribution >= 0.6 is 0 Å². The van der Waals surface area contributed by atoms with Crippen molar-refractivity contribution in [3.8, 4) is 11.1 Å². The van der Waals surface area contributed by atoms with E-state index >= 15 is 0 Å². The second kappa shape index (κ2) is 5.72. The molecule has 0 radical (unpaired) electrons. The number of rotatable bonds is 4. The van der Waals surface area contributed by atoms with Gasteiger partial charge in [-0.3, -0.25) is 4.18 Å². The van der Waals surface area contributed by atoms with Crippen LogP contribution in [0.15, 0.2) is 54.6 Å². The normalized spacial score (nSPS) is 12.3. The first-order valence-corrected chi connectivity index (χ1v) is 6.12. The van der Waals surface area contributed by atoms with Gasteiger partial charge in [0.25, 0.3) is 0 Å². The zero-order valence-corrected chi connectivity index (χ0v) is 9.85. The van der Waals surface area contributed by atoms with Crippen LogP contribution in [-0.4, -0.2) is 8.76 Å². The quantitative estimate of drug-likeness (QED) is 0.780. The molecule has 0 spiro atoms. The van der Waals surface area contributed by atoms with E-state index in [4.69, 9.17) is 0 Å². The van der Waals surface area contributed by atoms with E-state index in [0.717, 1.165) is 16.7 Å². The summed E-state index contributed by atoms with van der Waals surface area (Å²) in [6, 6.07) is 17.6. The molecule has 2 rings (SSSR count). The lowest BCUT2D eigenvalue weighted by molar-refractivity contribution is 0.291.